The largest absolute Gasteiger partial charge is 0.464 e. The van der Waals surface area contributed by atoms with Crippen LogP contribution in [-0.2, 0) is 4.74 Å². The molecular weight excluding hydrogens is 274 g/mol. The Bertz CT molecular complexity index is 529. The van der Waals surface area contributed by atoms with Crippen molar-refractivity contribution >= 4 is 17.5 Å². The molecule has 1 heterocycles. The molecule has 7 heteroatoms. The molecule has 0 atom stereocenters. The van der Waals surface area contributed by atoms with Crippen molar-refractivity contribution < 1.29 is 14.5 Å². The van der Waals surface area contributed by atoms with E-state index < -0.39 is 10.9 Å². The number of carbonyl (C=O) groups excluding carboxylic acids is 1. The molecule has 0 unspecified atom stereocenters. The van der Waals surface area contributed by atoms with E-state index in [1.165, 1.54) is 19.2 Å². The normalized spacial score (nSPS) is 10.8. The van der Waals surface area contributed by atoms with Crippen LogP contribution < -0.4 is 4.90 Å². The summed E-state index contributed by atoms with van der Waals surface area (Å²) in [4.78, 5) is 28.3. The summed E-state index contributed by atoms with van der Waals surface area (Å²) < 4.78 is 4.62. The minimum atomic E-state index is -0.612. The fraction of sp³-hybridized carbons (Fsp3) is 0.571. The summed E-state index contributed by atoms with van der Waals surface area (Å²) in [7, 11) is 1.25. The van der Waals surface area contributed by atoms with Crippen molar-refractivity contribution in [2.24, 2.45) is 5.92 Å². The van der Waals surface area contributed by atoms with Crippen LogP contribution in [0.15, 0.2) is 12.1 Å². The maximum atomic E-state index is 11.6. The Kier molecular flexibility index (Phi) is 5.63. The summed E-state index contributed by atoms with van der Waals surface area (Å²) in [6.07, 6.45) is 0. The molecule has 0 fully saturated rings. The Hall–Kier alpha value is -2.18. The highest BCUT2D eigenvalue weighted by molar-refractivity contribution is 5.88. The van der Waals surface area contributed by atoms with E-state index in [2.05, 4.69) is 9.72 Å². The van der Waals surface area contributed by atoms with E-state index in [9.17, 15) is 14.9 Å². The first-order valence-electron chi connectivity index (χ1n) is 6.78. The summed E-state index contributed by atoms with van der Waals surface area (Å²) >= 11 is 0. The Morgan fingerprint density at radius 3 is 2.43 bits per heavy atom. The lowest BCUT2D eigenvalue weighted by atomic mass is 10.1. The zero-order valence-corrected chi connectivity index (χ0v) is 13.0. The smallest absolute Gasteiger partial charge is 0.356 e. The number of hydrogen-bond donors (Lipinski definition) is 0. The standard InChI is InChI=1S/C14H21N3O4/c1-9(2)8-16(10(3)4)13-12(17(19)20)7-6-11(15-13)14(18)21-5/h6-7,9-10H,8H2,1-5H3. The lowest BCUT2D eigenvalue weighted by Gasteiger charge is -2.29. The highest BCUT2D eigenvalue weighted by atomic mass is 16.6. The Balaban J connectivity index is 3.38. The van der Waals surface area contributed by atoms with Gasteiger partial charge in [-0.1, -0.05) is 13.8 Å². The first-order valence-corrected chi connectivity index (χ1v) is 6.78. The third kappa shape index (κ3) is 4.14. The Morgan fingerprint density at radius 2 is 2.00 bits per heavy atom. The topological polar surface area (TPSA) is 85.6 Å². The number of ether oxygens (including phenoxy) is 1. The van der Waals surface area contributed by atoms with Crippen LogP contribution in [0.4, 0.5) is 11.5 Å². The maximum Gasteiger partial charge on any atom is 0.356 e. The van der Waals surface area contributed by atoms with Gasteiger partial charge in [0.05, 0.1) is 12.0 Å². The van der Waals surface area contributed by atoms with Crippen LogP contribution >= 0.6 is 0 Å². The zero-order valence-electron chi connectivity index (χ0n) is 13.0. The van der Waals surface area contributed by atoms with Gasteiger partial charge in [0.2, 0.25) is 5.82 Å². The average molecular weight is 295 g/mol. The van der Waals surface area contributed by atoms with Gasteiger partial charge in [0, 0.05) is 18.7 Å². The van der Waals surface area contributed by atoms with Gasteiger partial charge in [-0.3, -0.25) is 10.1 Å². The molecular formula is C14H21N3O4. The van der Waals surface area contributed by atoms with E-state index >= 15 is 0 Å². The van der Waals surface area contributed by atoms with Crippen LogP contribution in [0.5, 0.6) is 0 Å². The summed E-state index contributed by atoms with van der Waals surface area (Å²) in [6.45, 7) is 8.50. The number of carbonyl (C=O) groups is 1. The van der Waals surface area contributed by atoms with Gasteiger partial charge >= 0.3 is 11.7 Å². The number of nitrogens with zero attached hydrogens (tertiary/aromatic N) is 3. The molecule has 116 valence electrons. The van der Waals surface area contributed by atoms with Crippen molar-refractivity contribution in [1.29, 1.82) is 0 Å². The number of hydrogen-bond acceptors (Lipinski definition) is 6. The summed E-state index contributed by atoms with van der Waals surface area (Å²) in [5.74, 6) is -0.110. The van der Waals surface area contributed by atoms with Crippen molar-refractivity contribution in [2.75, 3.05) is 18.6 Å². The molecule has 0 bridgehead atoms. The van der Waals surface area contributed by atoms with E-state index in [0.29, 0.717) is 12.5 Å². The maximum absolute atomic E-state index is 11.6. The number of esters is 1. The molecule has 0 radical (unpaired) electrons. The molecule has 0 aliphatic heterocycles. The zero-order chi connectivity index (χ0) is 16.2. The molecule has 0 spiro atoms. The molecule has 21 heavy (non-hydrogen) atoms. The number of methoxy groups -OCH3 is 1. The molecule has 1 aromatic heterocycles. The molecule has 7 nitrogen and oxygen atoms in total. The Labute approximate surface area is 124 Å². The van der Waals surface area contributed by atoms with E-state index in [0.717, 1.165) is 0 Å². The predicted molar refractivity (Wildman–Crippen MR) is 79.6 cm³/mol. The molecule has 0 amide bonds. The van der Waals surface area contributed by atoms with Gasteiger partial charge in [0.1, 0.15) is 0 Å². The van der Waals surface area contributed by atoms with Crippen molar-refractivity contribution in [3.8, 4) is 0 Å². The molecule has 0 saturated carbocycles. The van der Waals surface area contributed by atoms with E-state index in [1.54, 1.807) is 0 Å². The van der Waals surface area contributed by atoms with Crippen molar-refractivity contribution in [2.45, 2.75) is 33.7 Å². The van der Waals surface area contributed by atoms with Crippen LogP contribution in [0, 0.1) is 16.0 Å². The second kappa shape index (κ2) is 7.01. The average Bonchev–Trinajstić information content (AvgIpc) is 2.42. The molecule has 0 saturated heterocycles. The van der Waals surface area contributed by atoms with Gasteiger partial charge in [-0.15, -0.1) is 0 Å². The lowest BCUT2D eigenvalue weighted by Crippen LogP contribution is -2.35. The molecule has 0 aliphatic carbocycles. The van der Waals surface area contributed by atoms with E-state index in [4.69, 9.17) is 0 Å². The van der Waals surface area contributed by atoms with Crippen molar-refractivity contribution in [3.63, 3.8) is 0 Å². The number of aromatic nitrogens is 1. The third-order valence-electron chi connectivity index (χ3n) is 2.90. The first-order chi connectivity index (χ1) is 9.77. The second-order valence-corrected chi connectivity index (χ2v) is 5.43. The summed E-state index contributed by atoms with van der Waals surface area (Å²) in [5, 5.41) is 11.2. The number of nitro groups is 1. The fourth-order valence-corrected chi connectivity index (χ4v) is 1.95. The highest BCUT2D eigenvalue weighted by Crippen LogP contribution is 2.28. The van der Waals surface area contributed by atoms with Crippen molar-refractivity contribution in [3.05, 3.63) is 27.9 Å². The van der Waals surface area contributed by atoms with E-state index in [-0.39, 0.29) is 23.2 Å². The van der Waals surface area contributed by atoms with Crippen LogP contribution in [0.2, 0.25) is 0 Å². The number of rotatable bonds is 6. The fourth-order valence-electron chi connectivity index (χ4n) is 1.95. The van der Waals surface area contributed by atoms with Gasteiger partial charge in [-0.2, -0.15) is 0 Å². The minimum Gasteiger partial charge on any atom is -0.464 e. The summed E-state index contributed by atoms with van der Waals surface area (Å²) in [5.41, 5.74) is -0.0514. The van der Waals surface area contributed by atoms with E-state index in [1.807, 2.05) is 32.6 Å². The molecule has 0 aliphatic rings. The molecule has 0 aromatic carbocycles. The number of pyridine rings is 1. The second-order valence-electron chi connectivity index (χ2n) is 5.43. The van der Waals surface area contributed by atoms with Crippen LogP contribution in [0.3, 0.4) is 0 Å². The third-order valence-corrected chi connectivity index (χ3v) is 2.90. The quantitative estimate of drug-likeness (QED) is 0.455. The minimum absolute atomic E-state index is 0.0199. The number of anilines is 1. The summed E-state index contributed by atoms with van der Waals surface area (Å²) in [6, 6.07) is 2.62. The van der Waals surface area contributed by atoms with Gasteiger partial charge in [0.25, 0.3) is 0 Å². The van der Waals surface area contributed by atoms with Crippen LogP contribution in [-0.4, -0.2) is 35.6 Å². The van der Waals surface area contributed by atoms with Gasteiger partial charge in [-0.25, -0.2) is 9.78 Å². The molecule has 1 aromatic rings. The van der Waals surface area contributed by atoms with Crippen molar-refractivity contribution in [1.82, 2.24) is 4.98 Å². The Morgan fingerprint density at radius 1 is 1.38 bits per heavy atom. The SMILES string of the molecule is COC(=O)c1ccc([N+](=O)[O-])c(N(CC(C)C)C(C)C)n1. The van der Waals surface area contributed by atoms with Crippen LogP contribution in [0.1, 0.15) is 38.2 Å². The van der Waals surface area contributed by atoms with Crippen LogP contribution in [0.25, 0.3) is 0 Å². The monoisotopic (exact) mass is 295 g/mol. The van der Waals surface area contributed by atoms with Gasteiger partial charge in [0.15, 0.2) is 5.69 Å². The van der Waals surface area contributed by atoms with Gasteiger partial charge < -0.3 is 9.64 Å². The van der Waals surface area contributed by atoms with Gasteiger partial charge in [-0.05, 0) is 25.8 Å². The predicted octanol–water partition coefficient (Wildman–Crippen LogP) is 2.65. The first kappa shape index (κ1) is 16.9. The molecule has 0 N–H and O–H groups in total. The molecule has 1 rings (SSSR count). The highest BCUT2D eigenvalue weighted by Gasteiger charge is 2.25. The lowest BCUT2D eigenvalue weighted by molar-refractivity contribution is -0.384.